The van der Waals surface area contributed by atoms with Crippen LogP contribution in [0.25, 0.3) is 0 Å². The number of anilines is 1. The fourth-order valence-corrected chi connectivity index (χ4v) is 2.70. The summed E-state index contributed by atoms with van der Waals surface area (Å²) in [5.74, 6) is 0.563. The van der Waals surface area contributed by atoms with Crippen LogP contribution in [0.3, 0.4) is 0 Å². The van der Waals surface area contributed by atoms with Gasteiger partial charge in [0.15, 0.2) is 5.13 Å². The Morgan fingerprint density at radius 1 is 1.56 bits per heavy atom. The van der Waals surface area contributed by atoms with E-state index in [1.807, 2.05) is 5.38 Å². The molecule has 0 atom stereocenters. The highest BCUT2D eigenvalue weighted by molar-refractivity contribution is 7.14. The van der Waals surface area contributed by atoms with Crippen LogP contribution >= 0.6 is 11.3 Å². The SMILES string of the molecule is NC1(C(=O)Nc2nc(C3CC3)cs2)CCC1. The van der Waals surface area contributed by atoms with Gasteiger partial charge in [-0.25, -0.2) is 4.98 Å². The van der Waals surface area contributed by atoms with Gasteiger partial charge in [0.05, 0.1) is 11.2 Å². The molecule has 5 heteroatoms. The van der Waals surface area contributed by atoms with Crippen molar-refractivity contribution in [3.05, 3.63) is 11.1 Å². The lowest BCUT2D eigenvalue weighted by atomic mass is 9.77. The maximum absolute atomic E-state index is 11.8. The lowest BCUT2D eigenvalue weighted by Gasteiger charge is -2.35. The topological polar surface area (TPSA) is 68.0 Å². The molecule has 1 aromatic rings. The van der Waals surface area contributed by atoms with Crippen LogP contribution in [0, 0.1) is 0 Å². The number of carbonyl (C=O) groups excluding carboxylic acids is 1. The van der Waals surface area contributed by atoms with Crippen LogP contribution in [0.2, 0.25) is 0 Å². The van der Waals surface area contributed by atoms with Gasteiger partial charge in [-0.05, 0) is 32.1 Å². The smallest absolute Gasteiger partial charge is 0.246 e. The summed E-state index contributed by atoms with van der Waals surface area (Å²) in [6.07, 6.45) is 5.10. The van der Waals surface area contributed by atoms with Crippen LogP contribution in [0.5, 0.6) is 0 Å². The first-order chi connectivity index (χ1) is 7.67. The number of aromatic nitrogens is 1. The summed E-state index contributed by atoms with van der Waals surface area (Å²) in [5.41, 5.74) is 6.43. The Balaban J connectivity index is 1.66. The molecule has 16 heavy (non-hydrogen) atoms. The van der Waals surface area contributed by atoms with E-state index >= 15 is 0 Å². The maximum Gasteiger partial charge on any atom is 0.246 e. The largest absolute Gasteiger partial charge is 0.317 e. The number of nitrogens with two attached hydrogens (primary N) is 1. The number of hydrogen-bond donors (Lipinski definition) is 2. The van der Waals surface area contributed by atoms with Crippen molar-refractivity contribution in [1.82, 2.24) is 4.98 Å². The van der Waals surface area contributed by atoms with Crippen molar-refractivity contribution in [2.24, 2.45) is 5.73 Å². The molecule has 1 amide bonds. The summed E-state index contributed by atoms with van der Waals surface area (Å²) in [7, 11) is 0. The predicted octanol–water partition coefficient (Wildman–Crippen LogP) is 1.84. The molecule has 86 valence electrons. The van der Waals surface area contributed by atoms with Crippen LogP contribution < -0.4 is 11.1 Å². The molecule has 2 saturated carbocycles. The molecule has 0 radical (unpaired) electrons. The average molecular weight is 237 g/mol. The minimum Gasteiger partial charge on any atom is -0.317 e. The number of carbonyl (C=O) groups is 1. The van der Waals surface area contributed by atoms with Gasteiger partial charge in [0.25, 0.3) is 0 Å². The number of rotatable bonds is 3. The summed E-state index contributed by atoms with van der Waals surface area (Å²) in [6, 6.07) is 0. The van der Waals surface area contributed by atoms with Gasteiger partial charge in [0.1, 0.15) is 0 Å². The first-order valence-electron chi connectivity index (χ1n) is 5.73. The van der Waals surface area contributed by atoms with Gasteiger partial charge < -0.3 is 11.1 Å². The average Bonchev–Trinajstić information content (AvgIpc) is 2.97. The molecule has 0 aromatic carbocycles. The first kappa shape index (κ1) is 10.2. The van der Waals surface area contributed by atoms with Crippen LogP contribution in [-0.2, 0) is 4.79 Å². The third kappa shape index (κ3) is 1.74. The Bertz CT molecular complexity index is 421. The molecule has 3 rings (SSSR count). The zero-order valence-corrected chi connectivity index (χ0v) is 9.85. The van der Waals surface area contributed by atoms with Crippen LogP contribution in [0.1, 0.15) is 43.7 Å². The monoisotopic (exact) mass is 237 g/mol. The quantitative estimate of drug-likeness (QED) is 0.843. The van der Waals surface area contributed by atoms with E-state index in [2.05, 4.69) is 10.3 Å². The van der Waals surface area contributed by atoms with Gasteiger partial charge in [-0.1, -0.05) is 0 Å². The highest BCUT2D eigenvalue weighted by atomic mass is 32.1. The highest BCUT2D eigenvalue weighted by Gasteiger charge is 2.40. The predicted molar refractivity (Wildman–Crippen MR) is 63.5 cm³/mol. The number of thiazole rings is 1. The Hall–Kier alpha value is -0.940. The molecular formula is C11H15N3OS. The second-order valence-corrected chi connectivity index (χ2v) is 5.67. The second-order valence-electron chi connectivity index (χ2n) is 4.82. The molecule has 3 N–H and O–H groups in total. The lowest BCUT2D eigenvalue weighted by Crippen LogP contribution is -2.56. The van der Waals surface area contributed by atoms with E-state index in [-0.39, 0.29) is 5.91 Å². The fraction of sp³-hybridized carbons (Fsp3) is 0.636. The van der Waals surface area contributed by atoms with E-state index in [1.54, 1.807) is 0 Å². The van der Waals surface area contributed by atoms with Crippen molar-refractivity contribution in [3.8, 4) is 0 Å². The van der Waals surface area contributed by atoms with Crippen molar-refractivity contribution in [3.63, 3.8) is 0 Å². The van der Waals surface area contributed by atoms with E-state index in [0.717, 1.165) is 25.0 Å². The summed E-state index contributed by atoms with van der Waals surface area (Å²) < 4.78 is 0. The summed E-state index contributed by atoms with van der Waals surface area (Å²) in [5, 5.41) is 5.57. The molecule has 0 saturated heterocycles. The Kier molecular flexibility index (Phi) is 2.26. The Morgan fingerprint density at radius 2 is 2.31 bits per heavy atom. The van der Waals surface area contributed by atoms with Crippen LogP contribution in [-0.4, -0.2) is 16.4 Å². The molecular weight excluding hydrogens is 222 g/mol. The summed E-state index contributed by atoms with van der Waals surface area (Å²) in [4.78, 5) is 16.3. The number of hydrogen-bond acceptors (Lipinski definition) is 4. The van der Waals surface area contributed by atoms with Gasteiger partial charge >= 0.3 is 0 Å². The van der Waals surface area contributed by atoms with E-state index in [0.29, 0.717) is 11.0 Å². The molecule has 1 heterocycles. The van der Waals surface area contributed by atoms with Crippen LogP contribution in [0.15, 0.2) is 5.38 Å². The zero-order valence-electron chi connectivity index (χ0n) is 9.03. The first-order valence-corrected chi connectivity index (χ1v) is 6.61. The number of amides is 1. The molecule has 2 aliphatic carbocycles. The summed E-state index contributed by atoms with van der Waals surface area (Å²) >= 11 is 1.50. The normalized spacial score (nSPS) is 22.6. The Morgan fingerprint density at radius 3 is 2.88 bits per heavy atom. The molecule has 2 aliphatic rings. The molecule has 4 nitrogen and oxygen atoms in total. The van der Waals surface area contributed by atoms with Gasteiger partial charge in [0, 0.05) is 11.3 Å². The highest BCUT2D eigenvalue weighted by Crippen LogP contribution is 2.41. The molecule has 2 fully saturated rings. The van der Waals surface area contributed by atoms with E-state index in [4.69, 9.17) is 5.73 Å². The number of nitrogens with zero attached hydrogens (tertiary/aromatic N) is 1. The van der Waals surface area contributed by atoms with E-state index in [9.17, 15) is 4.79 Å². The summed E-state index contributed by atoms with van der Waals surface area (Å²) in [6.45, 7) is 0. The van der Waals surface area contributed by atoms with Crippen LogP contribution in [0.4, 0.5) is 5.13 Å². The van der Waals surface area contributed by atoms with Crippen molar-refractivity contribution in [2.45, 2.75) is 43.6 Å². The Labute approximate surface area is 98.3 Å². The van der Waals surface area contributed by atoms with Crippen molar-refractivity contribution >= 4 is 22.4 Å². The molecule has 1 aromatic heterocycles. The van der Waals surface area contributed by atoms with Crippen molar-refractivity contribution < 1.29 is 4.79 Å². The van der Waals surface area contributed by atoms with Gasteiger partial charge in [-0.2, -0.15) is 0 Å². The van der Waals surface area contributed by atoms with E-state index in [1.165, 1.54) is 24.2 Å². The third-order valence-corrected chi connectivity index (χ3v) is 4.21. The van der Waals surface area contributed by atoms with Gasteiger partial charge in [0.2, 0.25) is 5.91 Å². The fourth-order valence-electron chi connectivity index (χ4n) is 1.92. The van der Waals surface area contributed by atoms with Gasteiger partial charge in [-0.3, -0.25) is 4.79 Å². The molecule has 0 spiro atoms. The van der Waals surface area contributed by atoms with E-state index < -0.39 is 5.54 Å². The van der Waals surface area contributed by atoms with Crippen molar-refractivity contribution in [1.29, 1.82) is 0 Å². The third-order valence-electron chi connectivity index (χ3n) is 3.44. The minimum absolute atomic E-state index is 0.0737. The lowest BCUT2D eigenvalue weighted by molar-refractivity contribution is -0.123. The molecule has 0 unspecified atom stereocenters. The minimum atomic E-state index is -0.634. The standard InChI is InChI=1S/C11H15N3OS/c12-11(4-1-5-11)9(15)14-10-13-8(6-16-10)7-2-3-7/h6-7H,1-5,12H2,(H,13,14,15). The van der Waals surface area contributed by atoms with Crippen molar-refractivity contribution in [2.75, 3.05) is 5.32 Å². The molecule has 0 bridgehead atoms. The van der Waals surface area contributed by atoms with Gasteiger partial charge in [-0.15, -0.1) is 11.3 Å². The maximum atomic E-state index is 11.8. The zero-order chi connectivity index (χ0) is 11.2. The molecule has 0 aliphatic heterocycles. The number of nitrogens with one attached hydrogen (secondary N) is 1. The second kappa shape index (κ2) is 3.53.